The van der Waals surface area contributed by atoms with E-state index in [1.807, 2.05) is 6.92 Å². The fourth-order valence-corrected chi connectivity index (χ4v) is 2.24. The lowest BCUT2D eigenvalue weighted by molar-refractivity contribution is 0.0857. The predicted molar refractivity (Wildman–Crippen MR) is 75.2 cm³/mol. The lowest BCUT2D eigenvalue weighted by Crippen LogP contribution is -2.22. The smallest absolute Gasteiger partial charge is 0.123 e. The van der Waals surface area contributed by atoms with Crippen molar-refractivity contribution in [3.8, 4) is 0 Å². The Labute approximate surface area is 106 Å². The van der Waals surface area contributed by atoms with Crippen molar-refractivity contribution in [2.24, 2.45) is 0 Å². The Morgan fingerprint density at radius 3 is 2.47 bits per heavy atom. The van der Waals surface area contributed by atoms with Gasteiger partial charge in [-0.25, -0.2) is 4.98 Å². The number of hydrogen-bond donors (Lipinski definition) is 0. The van der Waals surface area contributed by atoms with Gasteiger partial charge < -0.3 is 9.30 Å². The zero-order chi connectivity index (χ0) is 13.1. The minimum atomic E-state index is -0.972. The molecule has 0 saturated heterocycles. The number of aromatic nitrogens is 2. The van der Waals surface area contributed by atoms with Crippen LogP contribution in [-0.2, 0) is 11.5 Å². The van der Waals surface area contributed by atoms with E-state index in [4.69, 9.17) is 4.74 Å². The molecule has 1 rings (SSSR count). The van der Waals surface area contributed by atoms with Crippen molar-refractivity contribution in [2.75, 3.05) is 6.61 Å². The molecule has 0 aliphatic rings. The number of rotatable bonds is 6. The summed E-state index contributed by atoms with van der Waals surface area (Å²) < 4.78 is 7.82. The molecule has 0 unspecified atom stereocenters. The highest BCUT2D eigenvalue weighted by Gasteiger charge is 2.12. The van der Waals surface area contributed by atoms with E-state index in [0.717, 1.165) is 18.1 Å². The van der Waals surface area contributed by atoms with E-state index >= 15 is 0 Å². The van der Waals surface area contributed by atoms with E-state index in [2.05, 4.69) is 49.2 Å². The Bertz CT molecular complexity index is 353. The van der Waals surface area contributed by atoms with E-state index in [9.17, 15) is 0 Å². The fourth-order valence-electron chi connectivity index (χ4n) is 1.48. The molecule has 1 aromatic rings. The molecular formula is C13H26N2OSi. The highest BCUT2D eigenvalue weighted by molar-refractivity contribution is 6.76. The lowest BCUT2D eigenvalue weighted by atomic mass is 10.2. The van der Waals surface area contributed by atoms with Gasteiger partial charge in [0.2, 0.25) is 0 Å². The molecule has 0 saturated carbocycles. The molecule has 0 bridgehead atoms. The Hall–Kier alpha value is -0.613. The first-order valence-corrected chi connectivity index (χ1v) is 10.1. The van der Waals surface area contributed by atoms with Crippen LogP contribution in [0, 0.1) is 6.92 Å². The van der Waals surface area contributed by atoms with Crippen molar-refractivity contribution >= 4 is 8.07 Å². The van der Waals surface area contributed by atoms with Gasteiger partial charge in [0.15, 0.2) is 0 Å². The van der Waals surface area contributed by atoms with Crippen molar-refractivity contribution in [2.45, 2.75) is 59.1 Å². The Kier molecular flexibility index (Phi) is 4.95. The van der Waals surface area contributed by atoms with E-state index in [1.54, 1.807) is 0 Å². The average Bonchev–Trinajstić information content (AvgIpc) is 2.54. The number of hydrogen-bond acceptors (Lipinski definition) is 2. The SMILES string of the molecule is Cc1nc(C(C)C)cn1COCC[Si](C)(C)C. The third kappa shape index (κ3) is 5.04. The average molecular weight is 254 g/mol. The second-order valence-electron chi connectivity index (χ2n) is 6.19. The molecular weight excluding hydrogens is 228 g/mol. The van der Waals surface area contributed by atoms with E-state index in [0.29, 0.717) is 12.6 Å². The number of ether oxygens (including phenoxy) is 1. The minimum absolute atomic E-state index is 0.483. The topological polar surface area (TPSA) is 27.1 Å². The van der Waals surface area contributed by atoms with Crippen LogP contribution in [0.3, 0.4) is 0 Å². The van der Waals surface area contributed by atoms with Gasteiger partial charge in [0, 0.05) is 20.9 Å². The fraction of sp³-hybridized carbons (Fsp3) is 0.769. The Morgan fingerprint density at radius 2 is 2.00 bits per heavy atom. The molecule has 0 fully saturated rings. The molecule has 4 heteroatoms. The van der Waals surface area contributed by atoms with E-state index in [-0.39, 0.29) is 0 Å². The predicted octanol–water partition coefficient (Wildman–Crippen LogP) is 3.63. The molecule has 98 valence electrons. The molecule has 3 nitrogen and oxygen atoms in total. The number of imidazole rings is 1. The summed E-state index contributed by atoms with van der Waals surface area (Å²) in [7, 11) is -0.972. The van der Waals surface area contributed by atoms with Gasteiger partial charge in [0.05, 0.1) is 5.69 Å². The largest absolute Gasteiger partial charge is 0.361 e. The van der Waals surface area contributed by atoms with Crippen molar-refractivity contribution in [1.29, 1.82) is 0 Å². The summed E-state index contributed by atoms with van der Waals surface area (Å²) in [5.74, 6) is 1.53. The third-order valence-electron chi connectivity index (χ3n) is 2.81. The Balaban J connectivity index is 2.42. The summed E-state index contributed by atoms with van der Waals surface area (Å²) >= 11 is 0. The van der Waals surface area contributed by atoms with Crippen LogP contribution in [0.2, 0.25) is 25.7 Å². The quantitative estimate of drug-likeness (QED) is 0.572. The molecule has 0 radical (unpaired) electrons. The number of nitrogens with zero attached hydrogens (tertiary/aromatic N) is 2. The van der Waals surface area contributed by atoms with Crippen molar-refractivity contribution in [3.05, 3.63) is 17.7 Å². The summed E-state index contributed by atoms with van der Waals surface area (Å²) in [5, 5.41) is 0. The van der Waals surface area contributed by atoms with Gasteiger partial charge in [-0.2, -0.15) is 0 Å². The molecule has 17 heavy (non-hydrogen) atoms. The maximum absolute atomic E-state index is 5.73. The second kappa shape index (κ2) is 5.82. The lowest BCUT2D eigenvalue weighted by Gasteiger charge is -2.15. The maximum Gasteiger partial charge on any atom is 0.123 e. The van der Waals surface area contributed by atoms with Gasteiger partial charge in [-0.3, -0.25) is 0 Å². The van der Waals surface area contributed by atoms with E-state index in [1.165, 1.54) is 6.04 Å². The van der Waals surface area contributed by atoms with Gasteiger partial charge in [0.25, 0.3) is 0 Å². The summed E-state index contributed by atoms with van der Waals surface area (Å²) in [6.45, 7) is 15.0. The van der Waals surface area contributed by atoms with E-state index < -0.39 is 8.07 Å². The first-order valence-electron chi connectivity index (χ1n) is 6.41. The molecule has 1 aromatic heterocycles. The zero-order valence-corrected chi connectivity index (χ0v) is 13.1. The zero-order valence-electron chi connectivity index (χ0n) is 12.1. The maximum atomic E-state index is 5.73. The van der Waals surface area contributed by atoms with Crippen LogP contribution in [0.15, 0.2) is 6.20 Å². The molecule has 0 N–H and O–H groups in total. The molecule has 0 spiro atoms. The van der Waals surface area contributed by atoms with Gasteiger partial charge in [-0.05, 0) is 18.9 Å². The van der Waals surface area contributed by atoms with Crippen molar-refractivity contribution < 1.29 is 4.74 Å². The van der Waals surface area contributed by atoms with Gasteiger partial charge in [0.1, 0.15) is 12.6 Å². The second-order valence-corrected chi connectivity index (χ2v) is 11.8. The van der Waals surface area contributed by atoms with Gasteiger partial charge in [-0.15, -0.1) is 0 Å². The van der Waals surface area contributed by atoms with Crippen LogP contribution < -0.4 is 0 Å². The van der Waals surface area contributed by atoms with Gasteiger partial charge >= 0.3 is 0 Å². The molecule has 0 aliphatic carbocycles. The monoisotopic (exact) mass is 254 g/mol. The molecule has 0 aliphatic heterocycles. The highest BCUT2D eigenvalue weighted by atomic mass is 28.3. The normalized spacial score (nSPS) is 12.4. The van der Waals surface area contributed by atoms with Crippen LogP contribution >= 0.6 is 0 Å². The van der Waals surface area contributed by atoms with Crippen LogP contribution in [0.4, 0.5) is 0 Å². The Morgan fingerprint density at radius 1 is 1.35 bits per heavy atom. The highest BCUT2D eigenvalue weighted by Crippen LogP contribution is 2.14. The first-order chi connectivity index (χ1) is 7.79. The standard InChI is InChI=1S/C13H26N2OSi/c1-11(2)13-9-15(12(3)14-13)10-16-7-8-17(4,5)6/h9,11H,7-8,10H2,1-6H3. The first kappa shape index (κ1) is 14.4. The molecule has 0 amide bonds. The summed E-state index contributed by atoms with van der Waals surface area (Å²) in [5.41, 5.74) is 1.15. The molecule has 1 heterocycles. The summed E-state index contributed by atoms with van der Waals surface area (Å²) in [6.07, 6.45) is 2.11. The minimum Gasteiger partial charge on any atom is -0.361 e. The molecule has 0 aromatic carbocycles. The number of aryl methyl sites for hydroxylation is 1. The molecule has 0 atom stereocenters. The summed E-state index contributed by atoms with van der Waals surface area (Å²) in [4.78, 5) is 4.53. The van der Waals surface area contributed by atoms with Crippen LogP contribution in [0.25, 0.3) is 0 Å². The third-order valence-corrected chi connectivity index (χ3v) is 4.52. The van der Waals surface area contributed by atoms with Crippen LogP contribution in [-0.4, -0.2) is 24.2 Å². The van der Waals surface area contributed by atoms with Crippen LogP contribution in [0.1, 0.15) is 31.3 Å². The summed E-state index contributed by atoms with van der Waals surface area (Å²) in [6, 6.07) is 1.22. The van der Waals surface area contributed by atoms with Crippen molar-refractivity contribution in [3.63, 3.8) is 0 Å². The van der Waals surface area contributed by atoms with Crippen LogP contribution in [0.5, 0.6) is 0 Å². The van der Waals surface area contributed by atoms with Crippen molar-refractivity contribution in [1.82, 2.24) is 9.55 Å². The van der Waals surface area contributed by atoms with Gasteiger partial charge in [-0.1, -0.05) is 33.5 Å².